The molecule has 1 aliphatic heterocycles. The van der Waals surface area contributed by atoms with Crippen molar-refractivity contribution in [2.45, 2.75) is 58.4 Å². The second-order valence-electron chi connectivity index (χ2n) is 7.74. The van der Waals surface area contributed by atoms with Crippen LogP contribution in [0.4, 0.5) is 0 Å². The number of allylic oxidation sites excluding steroid dienone is 2. The number of aromatic nitrogens is 3. The smallest absolute Gasteiger partial charge is 0.299 e. The maximum absolute atomic E-state index is 12.1. The van der Waals surface area contributed by atoms with E-state index < -0.39 is 0 Å². The minimum atomic E-state index is 0.0133. The summed E-state index contributed by atoms with van der Waals surface area (Å²) in [6, 6.07) is 0. The first-order valence-electron chi connectivity index (χ1n) is 9.69. The summed E-state index contributed by atoms with van der Waals surface area (Å²) in [7, 11) is 1.75. The van der Waals surface area contributed by atoms with E-state index in [9.17, 15) is 4.79 Å². The van der Waals surface area contributed by atoms with Crippen molar-refractivity contribution in [2.75, 3.05) is 19.6 Å². The zero-order chi connectivity index (χ0) is 18.0. The Morgan fingerprint density at radius 3 is 2.60 bits per heavy atom. The van der Waals surface area contributed by atoms with Gasteiger partial charge in [0, 0.05) is 26.1 Å². The summed E-state index contributed by atoms with van der Waals surface area (Å²) < 4.78 is 3.32. The fourth-order valence-electron chi connectivity index (χ4n) is 4.24. The normalized spacial score (nSPS) is 22.8. The molecule has 0 spiro atoms. The summed E-state index contributed by atoms with van der Waals surface area (Å²) in [6.45, 7) is 12.3. The lowest BCUT2D eigenvalue weighted by atomic mass is 9.85. The summed E-state index contributed by atoms with van der Waals surface area (Å²) in [4.78, 5) is 14.7. The molecule has 5 heteroatoms. The molecule has 1 aliphatic carbocycles. The van der Waals surface area contributed by atoms with Gasteiger partial charge >= 0.3 is 5.69 Å². The Balaban J connectivity index is 1.55. The van der Waals surface area contributed by atoms with E-state index in [0.29, 0.717) is 18.4 Å². The molecule has 1 saturated heterocycles. The predicted molar refractivity (Wildman–Crippen MR) is 102 cm³/mol. The fraction of sp³-hybridized carbons (Fsp3) is 0.700. The predicted octanol–water partition coefficient (Wildman–Crippen LogP) is 3.08. The summed E-state index contributed by atoms with van der Waals surface area (Å²) in [5.74, 6) is 2.08. The standard InChI is InChI=1S/C20H32N4O/c1-5-24-19(21-22(4)20(24)25)18-10-12-23(13-11-18)14-16-6-8-17(9-7-16)15(2)3/h6,17-18H,2,5,7-14H2,1,3-4H3/t17-/m1/s1. The molecule has 1 aromatic rings. The second-order valence-corrected chi connectivity index (χ2v) is 7.74. The van der Waals surface area contributed by atoms with Gasteiger partial charge in [-0.05, 0) is 65.0 Å². The second kappa shape index (κ2) is 7.73. The third-order valence-electron chi connectivity index (χ3n) is 5.93. The molecule has 0 unspecified atom stereocenters. The van der Waals surface area contributed by atoms with Gasteiger partial charge in [0.15, 0.2) is 0 Å². The van der Waals surface area contributed by atoms with E-state index in [1.807, 2.05) is 11.5 Å². The molecule has 0 saturated carbocycles. The molecule has 1 fully saturated rings. The van der Waals surface area contributed by atoms with Crippen LogP contribution >= 0.6 is 0 Å². The molecule has 2 aliphatic rings. The Morgan fingerprint density at radius 1 is 1.32 bits per heavy atom. The SMILES string of the molecule is C=C(C)[C@@H]1CC=C(CN2CCC(c3nn(C)c(=O)n3CC)CC2)CC1. The first kappa shape index (κ1) is 18.2. The van der Waals surface area contributed by atoms with Crippen molar-refractivity contribution in [2.24, 2.45) is 13.0 Å². The zero-order valence-corrected chi connectivity index (χ0v) is 16.0. The van der Waals surface area contributed by atoms with Crippen LogP contribution in [0.1, 0.15) is 57.7 Å². The maximum Gasteiger partial charge on any atom is 0.345 e. The van der Waals surface area contributed by atoms with Crippen molar-refractivity contribution in [1.82, 2.24) is 19.2 Å². The molecular weight excluding hydrogens is 312 g/mol. The lowest BCUT2D eigenvalue weighted by Crippen LogP contribution is -2.35. The van der Waals surface area contributed by atoms with Crippen LogP contribution in [0.2, 0.25) is 0 Å². The quantitative estimate of drug-likeness (QED) is 0.771. The van der Waals surface area contributed by atoms with Crippen LogP contribution in [0.25, 0.3) is 0 Å². The van der Waals surface area contributed by atoms with Crippen molar-refractivity contribution < 1.29 is 0 Å². The number of rotatable bonds is 5. The lowest BCUT2D eigenvalue weighted by molar-refractivity contribution is 0.219. The summed E-state index contributed by atoms with van der Waals surface area (Å²) >= 11 is 0. The first-order valence-corrected chi connectivity index (χ1v) is 9.69. The third-order valence-corrected chi connectivity index (χ3v) is 5.93. The van der Waals surface area contributed by atoms with Gasteiger partial charge in [-0.15, -0.1) is 0 Å². The summed E-state index contributed by atoms with van der Waals surface area (Å²) in [5.41, 5.74) is 2.94. The van der Waals surface area contributed by atoms with Gasteiger partial charge in [-0.2, -0.15) is 5.10 Å². The van der Waals surface area contributed by atoms with E-state index in [1.165, 1.54) is 23.1 Å². The highest BCUT2D eigenvalue weighted by Gasteiger charge is 2.26. The highest BCUT2D eigenvalue weighted by Crippen LogP contribution is 2.30. The highest BCUT2D eigenvalue weighted by atomic mass is 16.2. The Hall–Kier alpha value is -1.62. The molecule has 5 nitrogen and oxygen atoms in total. The Morgan fingerprint density at radius 2 is 2.04 bits per heavy atom. The topological polar surface area (TPSA) is 43.1 Å². The number of hydrogen-bond acceptors (Lipinski definition) is 3. The van der Waals surface area contributed by atoms with Gasteiger partial charge in [-0.3, -0.25) is 9.47 Å². The number of likely N-dealkylation sites (tertiary alicyclic amines) is 1. The van der Waals surface area contributed by atoms with Gasteiger partial charge in [0.1, 0.15) is 5.82 Å². The monoisotopic (exact) mass is 344 g/mol. The first-order chi connectivity index (χ1) is 12.0. The van der Waals surface area contributed by atoms with Crippen molar-refractivity contribution in [3.63, 3.8) is 0 Å². The van der Waals surface area contributed by atoms with Crippen LogP contribution in [0.15, 0.2) is 28.6 Å². The van der Waals surface area contributed by atoms with E-state index in [-0.39, 0.29) is 5.69 Å². The fourth-order valence-corrected chi connectivity index (χ4v) is 4.24. The highest BCUT2D eigenvalue weighted by molar-refractivity contribution is 5.14. The molecule has 0 N–H and O–H groups in total. The Bertz CT molecular complexity index is 704. The third kappa shape index (κ3) is 3.97. The van der Waals surface area contributed by atoms with Gasteiger partial charge in [0.25, 0.3) is 0 Å². The molecule has 0 bridgehead atoms. The van der Waals surface area contributed by atoms with Crippen LogP contribution in [0.5, 0.6) is 0 Å². The molecule has 2 heterocycles. The van der Waals surface area contributed by atoms with E-state index in [0.717, 1.165) is 44.7 Å². The number of hydrogen-bond donors (Lipinski definition) is 0. The molecule has 1 atom stereocenters. The van der Waals surface area contributed by atoms with Gasteiger partial charge in [-0.25, -0.2) is 9.48 Å². The molecule has 0 amide bonds. The van der Waals surface area contributed by atoms with Crippen LogP contribution in [0.3, 0.4) is 0 Å². The van der Waals surface area contributed by atoms with Crippen LogP contribution in [0, 0.1) is 5.92 Å². The van der Waals surface area contributed by atoms with E-state index in [4.69, 9.17) is 0 Å². The van der Waals surface area contributed by atoms with E-state index in [2.05, 4.69) is 29.6 Å². The minimum Gasteiger partial charge on any atom is -0.299 e. The van der Waals surface area contributed by atoms with Gasteiger partial charge in [0.2, 0.25) is 0 Å². The molecule has 0 aromatic carbocycles. The van der Waals surface area contributed by atoms with Crippen LogP contribution < -0.4 is 5.69 Å². The maximum atomic E-state index is 12.1. The molecule has 3 rings (SSSR count). The zero-order valence-electron chi connectivity index (χ0n) is 16.0. The van der Waals surface area contributed by atoms with Gasteiger partial charge in [0.05, 0.1) is 0 Å². The summed E-state index contributed by atoms with van der Waals surface area (Å²) in [5, 5.41) is 4.50. The van der Waals surface area contributed by atoms with Crippen LogP contribution in [-0.2, 0) is 13.6 Å². The lowest BCUT2D eigenvalue weighted by Gasteiger charge is -2.33. The van der Waals surface area contributed by atoms with E-state index >= 15 is 0 Å². The Labute approximate surface area is 151 Å². The largest absolute Gasteiger partial charge is 0.345 e. The molecule has 1 aromatic heterocycles. The molecule has 138 valence electrons. The average molecular weight is 345 g/mol. The van der Waals surface area contributed by atoms with Crippen molar-refractivity contribution in [3.8, 4) is 0 Å². The molecular formula is C20H32N4O. The number of aryl methyl sites for hydroxylation is 1. The number of piperidine rings is 1. The summed E-state index contributed by atoms with van der Waals surface area (Å²) in [6.07, 6.45) is 8.28. The Kier molecular flexibility index (Phi) is 5.62. The minimum absolute atomic E-state index is 0.0133. The van der Waals surface area contributed by atoms with Crippen molar-refractivity contribution in [1.29, 1.82) is 0 Å². The van der Waals surface area contributed by atoms with Crippen molar-refractivity contribution >= 4 is 0 Å². The van der Waals surface area contributed by atoms with Crippen molar-refractivity contribution in [3.05, 3.63) is 40.1 Å². The average Bonchev–Trinajstić information content (AvgIpc) is 2.90. The van der Waals surface area contributed by atoms with Gasteiger partial charge < -0.3 is 0 Å². The molecule has 25 heavy (non-hydrogen) atoms. The molecule has 0 radical (unpaired) electrons. The van der Waals surface area contributed by atoms with E-state index in [1.54, 1.807) is 12.6 Å². The number of nitrogens with zero attached hydrogens (tertiary/aromatic N) is 4. The van der Waals surface area contributed by atoms with Crippen LogP contribution in [-0.4, -0.2) is 38.9 Å². The van der Waals surface area contributed by atoms with Gasteiger partial charge in [-0.1, -0.05) is 23.8 Å².